The van der Waals surface area contributed by atoms with Crippen molar-refractivity contribution in [2.24, 2.45) is 15.9 Å². The van der Waals surface area contributed by atoms with Crippen molar-refractivity contribution in [2.45, 2.75) is 33.1 Å². The maximum absolute atomic E-state index is 10.7. The fourth-order valence-electron chi connectivity index (χ4n) is 2.56. The molecule has 0 atom stereocenters. The second-order valence-electron chi connectivity index (χ2n) is 7.71. The van der Waals surface area contributed by atoms with Crippen molar-refractivity contribution in [2.75, 3.05) is 32.3 Å². The first-order valence-corrected chi connectivity index (χ1v) is 9.69. The molecule has 5 N–H and O–H groups in total. The molecule has 2 rings (SSSR count). The van der Waals surface area contributed by atoms with Crippen LogP contribution in [0.3, 0.4) is 0 Å². The Labute approximate surface area is 184 Å². The third-order valence-electron chi connectivity index (χ3n) is 4.41. The number of methoxy groups -OCH3 is 2. The molecule has 0 radical (unpaired) electrons. The van der Waals surface area contributed by atoms with E-state index in [1.165, 1.54) is 12.7 Å². The number of rotatable bonds is 6. The van der Waals surface area contributed by atoms with E-state index in [0.717, 1.165) is 11.4 Å². The molecule has 0 saturated heterocycles. The highest BCUT2D eigenvalue weighted by Crippen LogP contribution is 2.31. The highest BCUT2D eigenvalue weighted by atomic mass is 16.5. The van der Waals surface area contributed by atoms with Crippen LogP contribution in [0.5, 0.6) is 11.5 Å². The van der Waals surface area contributed by atoms with Gasteiger partial charge in [0.05, 0.1) is 19.9 Å². The minimum Gasteiger partial charge on any atom is -0.497 e. The number of nitrogens with zero attached hydrogens (tertiary/aromatic N) is 2. The second-order valence-corrected chi connectivity index (χ2v) is 7.71. The molecule has 0 heterocycles. The largest absolute Gasteiger partial charge is 0.497 e. The molecule has 0 aliphatic rings. The summed E-state index contributed by atoms with van der Waals surface area (Å²) in [6, 6.07) is 11.3. The predicted octanol–water partition coefficient (Wildman–Crippen LogP) is 3.92. The Hall–Kier alpha value is -3.55. The van der Waals surface area contributed by atoms with Crippen LogP contribution in [0.15, 0.2) is 46.5 Å². The van der Waals surface area contributed by atoms with Crippen molar-refractivity contribution in [3.05, 3.63) is 42.0 Å². The van der Waals surface area contributed by atoms with Crippen molar-refractivity contribution in [3.63, 3.8) is 0 Å². The first kappa shape index (κ1) is 25.5. The molecule has 0 fully saturated rings. The zero-order valence-electron chi connectivity index (χ0n) is 19.3. The standard InChI is InChI=1S/C12H15N3O3.C11H18N2/c1-8(11(7-16)15-13)14-10-6-9(17-2)4-5-12(10)18-3;1-11(2,3)8-5-9(12)7-10(6-8)13-4/h4-7H,13H2,1-3H3;5-7,13H,12H2,1-4H3/b14-8?,15-11-;. The number of aliphatic imine (C=N–C) groups is 1. The van der Waals surface area contributed by atoms with Gasteiger partial charge in [0.2, 0.25) is 0 Å². The molecule has 2 aromatic carbocycles. The van der Waals surface area contributed by atoms with Gasteiger partial charge in [0.1, 0.15) is 22.9 Å². The van der Waals surface area contributed by atoms with Gasteiger partial charge in [-0.25, -0.2) is 4.99 Å². The Balaban J connectivity index is 0.000000327. The highest BCUT2D eigenvalue weighted by Gasteiger charge is 2.14. The Kier molecular flexibility index (Phi) is 9.53. The van der Waals surface area contributed by atoms with E-state index in [1.807, 2.05) is 19.2 Å². The normalized spacial score (nSPS) is 11.8. The monoisotopic (exact) mass is 427 g/mol. The van der Waals surface area contributed by atoms with E-state index in [4.69, 9.17) is 21.1 Å². The zero-order valence-corrected chi connectivity index (χ0v) is 19.3. The quantitative estimate of drug-likeness (QED) is 0.211. The average molecular weight is 428 g/mol. The van der Waals surface area contributed by atoms with E-state index in [-0.39, 0.29) is 11.1 Å². The first-order valence-electron chi connectivity index (χ1n) is 9.69. The lowest BCUT2D eigenvalue weighted by Gasteiger charge is -2.20. The van der Waals surface area contributed by atoms with E-state index in [1.54, 1.807) is 32.2 Å². The summed E-state index contributed by atoms with van der Waals surface area (Å²) in [4.78, 5) is 14.9. The number of aldehydes is 1. The number of benzene rings is 2. The number of carbonyl (C=O) groups is 1. The summed E-state index contributed by atoms with van der Waals surface area (Å²) >= 11 is 0. The molecule has 0 aliphatic carbocycles. The number of hydrogen-bond acceptors (Lipinski definition) is 8. The molecule has 0 unspecified atom stereocenters. The summed E-state index contributed by atoms with van der Waals surface area (Å²) in [6.07, 6.45) is 0.547. The van der Waals surface area contributed by atoms with Gasteiger partial charge in [-0.2, -0.15) is 5.10 Å². The van der Waals surface area contributed by atoms with E-state index in [0.29, 0.717) is 29.2 Å². The van der Waals surface area contributed by atoms with Crippen molar-refractivity contribution >= 4 is 34.8 Å². The molecule has 0 amide bonds. The molecule has 0 aromatic heterocycles. The summed E-state index contributed by atoms with van der Waals surface area (Å²) < 4.78 is 10.3. The smallest absolute Gasteiger partial charge is 0.172 e. The number of nitrogens with one attached hydrogen (secondary N) is 1. The molecule has 0 saturated carbocycles. The van der Waals surface area contributed by atoms with Crippen molar-refractivity contribution < 1.29 is 14.3 Å². The van der Waals surface area contributed by atoms with Crippen LogP contribution in [-0.2, 0) is 10.2 Å². The highest BCUT2D eigenvalue weighted by molar-refractivity contribution is 6.61. The summed E-state index contributed by atoms with van der Waals surface area (Å²) in [6.45, 7) is 8.18. The second kappa shape index (κ2) is 11.6. The molecule has 2 aromatic rings. The number of ether oxygens (including phenoxy) is 2. The average Bonchev–Trinajstić information content (AvgIpc) is 2.73. The van der Waals surface area contributed by atoms with Gasteiger partial charge in [-0.05, 0) is 48.2 Å². The zero-order chi connectivity index (χ0) is 23.6. The van der Waals surface area contributed by atoms with Crippen LogP contribution < -0.4 is 26.4 Å². The van der Waals surface area contributed by atoms with Crippen molar-refractivity contribution in [1.82, 2.24) is 0 Å². The Morgan fingerprint density at radius 1 is 1.10 bits per heavy atom. The number of hydrogen-bond donors (Lipinski definition) is 3. The van der Waals surface area contributed by atoms with Gasteiger partial charge in [-0.15, -0.1) is 0 Å². The number of carbonyl (C=O) groups excluding carboxylic acids is 1. The number of anilines is 2. The van der Waals surface area contributed by atoms with Gasteiger partial charge in [-0.1, -0.05) is 20.8 Å². The van der Waals surface area contributed by atoms with Crippen LogP contribution in [-0.4, -0.2) is 39.0 Å². The maximum Gasteiger partial charge on any atom is 0.172 e. The fourth-order valence-corrected chi connectivity index (χ4v) is 2.56. The van der Waals surface area contributed by atoms with E-state index >= 15 is 0 Å². The fraction of sp³-hybridized carbons (Fsp3) is 0.348. The van der Waals surface area contributed by atoms with Crippen LogP contribution in [0.4, 0.5) is 17.1 Å². The molecule has 8 heteroatoms. The molecule has 8 nitrogen and oxygen atoms in total. The van der Waals surface area contributed by atoms with Crippen molar-refractivity contribution in [1.29, 1.82) is 0 Å². The van der Waals surface area contributed by atoms with Crippen molar-refractivity contribution in [3.8, 4) is 11.5 Å². The summed E-state index contributed by atoms with van der Waals surface area (Å²) in [5, 5.41) is 6.45. The van der Waals surface area contributed by atoms with Gasteiger partial charge < -0.3 is 26.4 Å². The molecule has 168 valence electrons. The van der Waals surface area contributed by atoms with Crippen LogP contribution in [0, 0.1) is 0 Å². The number of nitrogens with two attached hydrogens (primary N) is 2. The Morgan fingerprint density at radius 3 is 2.26 bits per heavy atom. The maximum atomic E-state index is 10.7. The summed E-state index contributed by atoms with van der Waals surface area (Å²) in [5.74, 6) is 6.29. The van der Waals surface area contributed by atoms with Crippen LogP contribution in [0.2, 0.25) is 0 Å². The predicted molar refractivity (Wildman–Crippen MR) is 129 cm³/mol. The third-order valence-corrected chi connectivity index (χ3v) is 4.41. The molecule has 0 bridgehead atoms. The van der Waals surface area contributed by atoms with Gasteiger partial charge >= 0.3 is 0 Å². The van der Waals surface area contributed by atoms with E-state index in [2.05, 4.69) is 42.2 Å². The lowest BCUT2D eigenvalue weighted by molar-refractivity contribution is -0.102. The van der Waals surface area contributed by atoms with Gasteiger partial charge in [0.25, 0.3) is 0 Å². The number of nitrogen functional groups attached to an aromatic ring is 1. The summed E-state index contributed by atoms with van der Waals surface area (Å²) in [7, 11) is 5.00. The molecule has 31 heavy (non-hydrogen) atoms. The lowest BCUT2D eigenvalue weighted by Crippen LogP contribution is -2.13. The van der Waals surface area contributed by atoms with Gasteiger partial charge in [0.15, 0.2) is 6.29 Å². The van der Waals surface area contributed by atoms with Crippen LogP contribution in [0.1, 0.15) is 33.3 Å². The number of hydrazone groups is 1. The minimum atomic E-state index is 0.0832. The molecule has 0 spiro atoms. The Bertz CT molecular complexity index is 947. The Morgan fingerprint density at radius 2 is 1.77 bits per heavy atom. The molecule has 0 aliphatic heterocycles. The van der Waals surface area contributed by atoms with Crippen LogP contribution >= 0.6 is 0 Å². The third kappa shape index (κ3) is 7.65. The molecular formula is C23H33N5O3. The summed E-state index contributed by atoms with van der Waals surface area (Å²) in [5.41, 5.74) is 10.1. The van der Waals surface area contributed by atoms with Gasteiger partial charge in [-0.3, -0.25) is 4.79 Å². The van der Waals surface area contributed by atoms with E-state index in [9.17, 15) is 4.79 Å². The first-order chi connectivity index (χ1) is 14.6. The lowest BCUT2D eigenvalue weighted by atomic mass is 9.86. The van der Waals surface area contributed by atoms with Crippen LogP contribution in [0.25, 0.3) is 0 Å². The SMILES string of the molecule is CNc1cc(N)cc(C(C)(C)C)c1.COc1ccc(OC)c(N=C(C)/C(C=O)=N\N)c1. The minimum absolute atomic E-state index is 0.0832. The van der Waals surface area contributed by atoms with E-state index < -0.39 is 0 Å². The van der Waals surface area contributed by atoms with Gasteiger partial charge in [0, 0.05) is 24.5 Å². The molecular weight excluding hydrogens is 394 g/mol. The topological polar surface area (TPSA) is 124 Å².